The molecule has 0 fully saturated rings. The Labute approximate surface area is 118 Å². The Bertz CT molecular complexity index is 485. The molecule has 0 spiro atoms. The molecule has 5 nitrogen and oxygen atoms in total. The zero-order chi connectivity index (χ0) is 15.1. The molecule has 0 aliphatic carbocycles. The zero-order valence-electron chi connectivity index (χ0n) is 12.1. The van der Waals surface area contributed by atoms with Gasteiger partial charge in [-0.05, 0) is 37.5 Å². The van der Waals surface area contributed by atoms with E-state index in [0.717, 1.165) is 11.1 Å². The zero-order valence-corrected chi connectivity index (χ0v) is 12.1. The molecule has 1 rings (SSSR count). The lowest BCUT2D eigenvalue weighted by Gasteiger charge is -2.18. The number of carbonyl (C=O) groups is 2. The van der Waals surface area contributed by atoms with E-state index in [1.165, 1.54) is 0 Å². The number of carboxylic acids is 1. The summed E-state index contributed by atoms with van der Waals surface area (Å²) in [5, 5.41) is 11.9. The molecule has 0 aliphatic rings. The summed E-state index contributed by atoms with van der Waals surface area (Å²) in [5.41, 5.74) is 2.49. The topological polar surface area (TPSA) is 75.6 Å². The number of rotatable bonds is 7. The number of amides is 1. The van der Waals surface area contributed by atoms with E-state index in [2.05, 4.69) is 5.32 Å². The minimum atomic E-state index is -1.07. The van der Waals surface area contributed by atoms with E-state index in [1.807, 2.05) is 26.8 Å². The maximum atomic E-state index is 11.7. The lowest BCUT2D eigenvalue weighted by molar-refractivity contribution is -0.142. The van der Waals surface area contributed by atoms with Gasteiger partial charge in [0.25, 0.3) is 0 Å². The Kier molecular flexibility index (Phi) is 6.18. The summed E-state index contributed by atoms with van der Waals surface area (Å²) in [6.07, 6.45) is 0.155. The highest BCUT2D eigenvalue weighted by molar-refractivity contribution is 5.84. The molecule has 0 bridgehead atoms. The number of carboxylic acid groups (broad SMARTS) is 1. The van der Waals surface area contributed by atoms with E-state index >= 15 is 0 Å². The first-order valence-corrected chi connectivity index (χ1v) is 6.63. The highest BCUT2D eigenvalue weighted by Crippen LogP contribution is 2.20. The second kappa shape index (κ2) is 7.65. The summed E-state index contributed by atoms with van der Waals surface area (Å²) in [6, 6.07) is 4.41. The first-order valence-electron chi connectivity index (χ1n) is 6.63. The molecule has 1 amide bonds. The van der Waals surface area contributed by atoms with Crippen LogP contribution in [-0.2, 0) is 14.3 Å². The van der Waals surface area contributed by atoms with Gasteiger partial charge >= 0.3 is 5.97 Å². The normalized spacial score (nSPS) is 11.9. The number of ether oxygens (including phenoxy) is 1. The van der Waals surface area contributed by atoms with Gasteiger partial charge < -0.3 is 15.2 Å². The van der Waals surface area contributed by atoms with Gasteiger partial charge in [-0.25, -0.2) is 4.79 Å². The molecule has 1 aromatic rings. The van der Waals surface area contributed by atoms with Crippen LogP contribution < -0.4 is 5.32 Å². The highest BCUT2D eigenvalue weighted by Gasteiger charge is 2.23. The van der Waals surface area contributed by atoms with Gasteiger partial charge in [-0.2, -0.15) is 0 Å². The van der Waals surface area contributed by atoms with Crippen molar-refractivity contribution in [2.75, 3.05) is 13.2 Å². The van der Waals surface area contributed by atoms with Gasteiger partial charge in [0, 0.05) is 13.0 Å². The highest BCUT2D eigenvalue weighted by atomic mass is 16.5. The molecule has 0 saturated carbocycles. The van der Waals surface area contributed by atoms with Crippen LogP contribution in [0.3, 0.4) is 0 Å². The smallest absolute Gasteiger partial charge is 0.330 e. The van der Waals surface area contributed by atoms with E-state index in [-0.39, 0.29) is 12.3 Å². The van der Waals surface area contributed by atoms with Crippen LogP contribution >= 0.6 is 0 Å². The van der Waals surface area contributed by atoms with Crippen LogP contribution in [0.5, 0.6) is 0 Å². The van der Waals surface area contributed by atoms with Gasteiger partial charge in [-0.1, -0.05) is 18.2 Å². The quantitative estimate of drug-likeness (QED) is 0.748. The first kappa shape index (κ1) is 16.2. The maximum absolute atomic E-state index is 11.7. The Balaban J connectivity index is 2.82. The second-order valence-corrected chi connectivity index (χ2v) is 4.57. The third-order valence-corrected chi connectivity index (χ3v) is 3.19. The molecule has 1 aromatic carbocycles. The number of hydrogen-bond acceptors (Lipinski definition) is 3. The average molecular weight is 279 g/mol. The number of nitrogens with one attached hydrogen (secondary N) is 1. The summed E-state index contributed by atoms with van der Waals surface area (Å²) in [4.78, 5) is 23.1. The van der Waals surface area contributed by atoms with Crippen molar-refractivity contribution in [1.29, 1.82) is 0 Å². The number of hydrogen-bond donors (Lipinski definition) is 2. The lowest BCUT2D eigenvalue weighted by atomic mass is 9.97. The van der Waals surface area contributed by atoms with Crippen molar-refractivity contribution >= 4 is 11.9 Å². The van der Waals surface area contributed by atoms with E-state index in [4.69, 9.17) is 4.74 Å². The predicted molar refractivity (Wildman–Crippen MR) is 75.5 cm³/mol. The van der Waals surface area contributed by atoms with Gasteiger partial charge in [0.05, 0.1) is 6.61 Å². The molecule has 1 atom stereocenters. The predicted octanol–water partition coefficient (Wildman–Crippen LogP) is 1.97. The van der Waals surface area contributed by atoms with Gasteiger partial charge in [-0.15, -0.1) is 0 Å². The van der Waals surface area contributed by atoms with Crippen LogP contribution in [0.2, 0.25) is 0 Å². The molecule has 110 valence electrons. The van der Waals surface area contributed by atoms with Crippen LogP contribution in [0.15, 0.2) is 18.2 Å². The molecule has 0 aromatic heterocycles. The summed E-state index contributed by atoms with van der Waals surface area (Å²) < 4.78 is 5.09. The van der Waals surface area contributed by atoms with Crippen LogP contribution in [0.25, 0.3) is 0 Å². The molecular weight excluding hydrogens is 258 g/mol. The van der Waals surface area contributed by atoms with Crippen molar-refractivity contribution < 1.29 is 19.4 Å². The Hall–Kier alpha value is -1.88. The number of benzene rings is 1. The van der Waals surface area contributed by atoms with Crippen molar-refractivity contribution in [3.63, 3.8) is 0 Å². The fourth-order valence-corrected chi connectivity index (χ4v) is 1.90. The fourth-order valence-electron chi connectivity index (χ4n) is 1.90. The summed E-state index contributed by atoms with van der Waals surface area (Å²) >= 11 is 0. The third-order valence-electron chi connectivity index (χ3n) is 3.19. The number of aliphatic carboxylic acids is 1. The number of aryl methyl sites for hydroxylation is 1. The van der Waals surface area contributed by atoms with Crippen LogP contribution in [-0.4, -0.2) is 30.2 Å². The largest absolute Gasteiger partial charge is 0.479 e. The molecule has 20 heavy (non-hydrogen) atoms. The minimum Gasteiger partial charge on any atom is -0.479 e. The van der Waals surface area contributed by atoms with Gasteiger partial charge in [0.15, 0.2) is 6.04 Å². The van der Waals surface area contributed by atoms with Gasteiger partial charge in [-0.3, -0.25) is 4.79 Å². The van der Waals surface area contributed by atoms with E-state index in [0.29, 0.717) is 18.8 Å². The average Bonchev–Trinajstić information content (AvgIpc) is 2.40. The van der Waals surface area contributed by atoms with Crippen molar-refractivity contribution in [2.45, 2.75) is 33.2 Å². The third kappa shape index (κ3) is 4.35. The molecule has 0 heterocycles. The van der Waals surface area contributed by atoms with E-state index in [9.17, 15) is 14.7 Å². The van der Waals surface area contributed by atoms with Crippen molar-refractivity contribution in [3.8, 4) is 0 Å². The second-order valence-electron chi connectivity index (χ2n) is 4.57. The van der Waals surface area contributed by atoms with Crippen molar-refractivity contribution in [3.05, 3.63) is 34.9 Å². The van der Waals surface area contributed by atoms with Gasteiger partial charge in [0.1, 0.15) is 0 Å². The SMILES string of the molecule is CCOCCC(=O)NC(C(=O)O)c1cccc(C)c1C. The first-order chi connectivity index (χ1) is 9.47. The molecule has 0 radical (unpaired) electrons. The van der Waals surface area contributed by atoms with Gasteiger partial charge in [0.2, 0.25) is 5.91 Å². The minimum absolute atomic E-state index is 0.155. The fraction of sp³-hybridized carbons (Fsp3) is 0.467. The lowest BCUT2D eigenvalue weighted by Crippen LogP contribution is -2.34. The number of carbonyl (C=O) groups excluding carboxylic acids is 1. The molecule has 0 aliphatic heterocycles. The molecule has 2 N–H and O–H groups in total. The summed E-state index contributed by atoms with van der Waals surface area (Å²) in [5.74, 6) is -1.39. The molecule has 1 unspecified atom stereocenters. The Morgan fingerprint density at radius 3 is 2.65 bits per heavy atom. The Morgan fingerprint density at radius 1 is 1.35 bits per heavy atom. The van der Waals surface area contributed by atoms with E-state index in [1.54, 1.807) is 12.1 Å². The summed E-state index contributed by atoms with van der Waals surface area (Å²) in [7, 11) is 0. The maximum Gasteiger partial charge on any atom is 0.330 e. The molecule has 0 saturated heterocycles. The molecular formula is C15H21NO4. The van der Waals surface area contributed by atoms with Crippen LogP contribution in [0.4, 0.5) is 0 Å². The van der Waals surface area contributed by atoms with E-state index < -0.39 is 12.0 Å². The van der Waals surface area contributed by atoms with Crippen LogP contribution in [0.1, 0.15) is 36.1 Å². The molecule has 5 heteroatoms. The van der Waals surface area contributed by atoms with Crippen molar-refractivity contribution in [2.24, 2.45) is 0 Å². The summed E-state index contributed by atoms with van der Waals surface area (Å²) in [6.45, 7) is 6.43. The van der Waals surface area contributed by atoms with Crippen LogP contribution in [0, 0.1) is 13.8 Å². The van der Waals surface area contributed by atoms with Crippen molar-refractivity contribution in [1.82, 2.24) is 5.32 Å². The Morgan fingerprint density at radius 2 is 2.05 bits per heavy atom. The monoisotopic (exact) mass is 279 g/mol. The standard InChI is InChI=1S/C15H21NO4/c1-4-20-9-8-13(17)16-14(15(18)19)12-7-5-6-10(2)11(12)3/h5-7,14H,4,8-9H2,1-3H3,(H,16,17)(H,18,19).